The lowest BCUT2D eigenvalue weighted by atomic mass is 9.97. The molecule has 2 amide bonds. The lowest BCUT2D eigenvalue weighted by Gasteiger charge is -2.25. The molecule has 2 N–H and O–H groups in total. The van der Waals surface area contributed by atoms with E-state index in [9.17, 15) is 9.59 Å². The van der Waals surface area contributed by atoms with E-state index in [4.69, 9.17) is 0 Å². The van der Waals surface area contributed by atoms with Gasteiger partial charge in [-0.25, -0.2) is 0 Å². The summed E-state index contributed by atoms with van der Waals surface area (Å²) in [6, 6.07) is 23.2. The highest BCUT2D eigenvalue weighted by Gasteiger charge is 2.39. The Morgan fingerprint density at radius 2 is 1.69 bits per heavy atom. The van der Waals surface area contributed by atoms with Gasteiger partial charge in [-0.3, -0.25) is 9.59 Å². The number of benzene rings is 3. The molecule has 0 bridgehead atoms. The van der Waals surface area contributed by atoms with E-state index in [0.717, 1.165) is 27.7 Å². The van der Waals surface area contributed by atoms with Gasteiger partial charge in [0.2, 0.25) is 5.91 Å². The molecule has 5 nitrogen and oxygen atoms in total. The molecule has 1 aromatic heterocycles. The van der Waals surface area contributed by atoms with Crippen molar-refractivity contribution in [2.24, 2.45) is 0 Å². The van der Waals surface area contributed by atoms with Crippen molar-refractivity contribution in [3.05, 3.63) is 101 Å². The highest BCUT2D eigenvalue weighted by Crippen LogP contribution is 2.40. The van der Waals surface area contributed by atoms with E-state index in [1.165, 1.54) is 5.56 Å². The smallest absolute Gasteiger partial charge is 0.255 e. The zero-order valence-corrected chi connectivity index (χ0v) is 18.1. The van der Waals surface area contributed by atoms with Crippen LogP contribution in [-0.4, -0.2) is 28.2 Å². The molecular weight excluding hydrogens is 398 g/mol. The van der Waals surface area contributed by atoms with Gasteiger partial charge in [0.25, 0.3) is 5.91 Å². The molecule has 3 aromatic carbocycles. The fourth-order valence-corrected chi connectivity index (χ4v) is 4.50. The highest BCUT2D eigenvalue weighted by atomic mass is 16.2. The first kappa shape index (κ1) is 20.1. The molecule has 0 saturated heterocycles. The summed E-state index contributed by atoms with van der Waals surface area (Å²) in [5, 5.41) is 4.00. The second kappa shape index (κ2) is 8.00. The first-order valence-electron chi connectivity index (χ1n) is 10.9. The normalized spacial score (nSPS) is 15.4. The molecule has 2 heterocycles. The van der Waals surface area contributed by atoms with Crippen molar-refractivity contribution in [2.45, 2.75) is 25.8 Å². The average Bonchev–Trinajstić information content (AvgIpc) is 3.33. The Hall–Kier alpha value is -3.86. The number of para-hydroxylation sites is 1. The van der Waals surface area contributed by atoms with Crippen molar-refractivity contribution in [3.63, 3.8) is 0 Å². The lowest BCUT2D eigenvalue weighted by molar-refractivity contribution is -0.117. The minimum absolute atomic E-state index is 0.0242. The molecule has 1 atom stereocenters. The van der Waals surface area contributed by atoms with Crippen LogP contribution >= 0.6 is 0 Å². The standard InChI is InChI=1S/C27H25N3O2/c1-17(2)18-11-13-19(14-12-18)29-25(31)16-30-26(21-8-3-4-9-22(21)27(30)32)23-15-28-24-10-6-5-7-20(23)24/h3-15,17,26,28H,16H2,1-2H3,(H,29,31). The number of amides is 2. The topological polar surface area (TPSA) is 65.2 Å². The van der Waals surface area contributed by atoms with Crippen LogP contribution in [0.5, 0.6) is 0 Å². The van der Waals surface area contributed by atoms with Gasteiger partial charge in [0.1, 0.15) is 6.54 Å². The summed E-state index contributed by atoms with van der Waals surface area (Å²) in [6.07, 6.45) is 1.94. The Kier molecular flexibility index (Phi) is 5.02. The van der Waals surface area contributed by atoms with Gasteiger partial charge in [0.05, 0.1) is 6.04 Å². The van der Waals surface area contributed by atoms with Crippen molar-refractivity contribution in [3.8, 4) is 0 Å². The number of aromatic nitrogens is 1. The fraction of sp³-hybridized carbons (Fsp3) is 0.185. The molecular formula is C27H25N3O2. The van der Waals surface area contributed by atoms with Crippen molar-refractivity contribution in [2.75, 3.05) is 11.9 Å². The van der Waals surface area contributed by atoms with E-state index in [1.54, 1.807) is 4.90 Å². The van der Waals surface area contributed by atoms with E-state index in [2.05, 4.69) is 24.1 Å². The summed E-state index contributed by atoms with van der Waals surface area (Å²) in [6.45, 7) is 4.24. The third kappa shape index (κ3) is 3.46. The van der Waals surface area contributed by atoms with Crippen molar-refractivity contribution >= 4 is 28.4 Å². The van der Waals surface area contributed by atoms with Crippen LogP contribution in [0.15, 0.2) is 79.0 Å². The molecule has 1 aliphatic rings. The molecule has 5 rings (SSSR count). The van der Waals surface area contributed by atoms with Gasteiger partial charge in [0.15, 0.2) is 0 Å². The first-order valence-corrected chi connectivity index (χ1v) is 10.9. The maximum atomic E-state index is 13.3. The molecule has 1 unspecified atom stereocenters. The molecule has 32 heavy (non-hydrogen) atoms. The van der Waals surface area contributed by atoms with Crippen LogP contribution in [0.25, 0.3) is 10.9 Å². The van der Waals surface area contributed by atoms with Gasteiger partial charge in [-0.05, 0) is 41.3 Å². The molecule has 4 aromatic rings. The van der Waals surface area contributed by atoms with Crippen LogP contribution in [0.1, 0.15) is 52.9 Å². The largest absolute Gasteiger partial charge is 0.361 e. The summed E-state index contributed by atoms with van der Waals surface area (Å²) >= 11 is 0. The number of anilines is 1. The minimum atomic E-state index is -0.316. The Bertz CT molecular complexity index is 1300. The maximum absolute atomic E-state index is 13.3. The summed E-state index contributed by atoms with van der Waals surface area (Å²) in [4.78, 5) is 31.2. The maximum Gasteiger partial charge on any atom is 0.255 e. The zero-order chi connectivity index (χ0) is 22.2. The Balaban J connectivity index is 1.45. The van der Waals surface area contributed by atoms with E-state index in [1.807, 2.05) is 79.0 Å². The first-order chi connectivity index (χ1) is 15.5. The number of nitrogens with one attached hydrogen (secondary N) is 2. The summed E-state index contributed by atoms with van der Waals surface area (Å²) < 4.78 is 0. The third-order valence-corrected chi connectivity index (χ3v) is 6.15. The molecule has 160 valence electrons. The highest BCUT2D eigenvalue weighted by molar-refractivity contribution is 6.04. The molecule has 0 spiro atoms. The Labute approximate surface area is 187 Å². The van der Waals surface area contributed by atoms with Crippen LogP contribution in [0, 0.1) is 0 Å². The van der Waals surface area contributed by atoms with Gasteiger partial charge >= 0.3 is 0 Å². The van der Waals surface area contributed by atoms with Crippen LogP contribution in [0.2, 0.25) is 0 Å². The second-order valence-electron chi connectivity index (χ2n) is 8.54. The monoisotopic (exact) mass is 423 g/mol. The fourth-order valence-electron chi connectivity index (χ4n) is 4.50. The summed E-state index contributed by atoms with van der Waals surface area (Å²) in [7, 11) is 0. The predicted octanol–water partition coefficient (Wildman–Crippen LogP) is 5.48. The summed E-state index contributed by atoms with van der Waals surface area (Å²) in [5.41, 5.74) is 5.52. The Morgan fingerprint density at radius 3 is 2.47 bits per heavy atom. The second-order valence-corrected chi connectivity index (χ2v) is 8.54. The number of aromatic amines is 1. The van der Waals surface area contributed by atoms with Gasteiger partial charge in [-0.2, -0.15) is 0 Å². The van der Waals surface area contributed by atoms with Crippen LogP contribution in [-0.2, 0) is 4.79 Å². The number of fused-ring (bicyclic) bond motifs is 2. The minimum Gasteiger partial charge on any atom is -0.361 e. The Morgan fingerprint density at radius 1 is 0.969 bits per heavy atom. The number of hydrogen-bond acceptors (Lipinski definition) is 2. The number of rotatable bonds is 5. The molecule has 1 aliphatic heterocycles. The van der Waals surface area contributed by atoms with Gasteiger partial charge in [-0.15, -0.1) is 0 Å². The van der Waals surface area contributed by atoms with Crippen molar-refractivity contribution in [1.82, 2.24) is 9.88 Å². The van der Waals surface area contributed by atoms with E-state index in [-0.39, 0.29) is 24.4 Å². The number of nitrogens with zero attached hydrogens (tertiary/aromatic N) is 1. The van der Waals surface area contributed by atoms with Crippen molar-refractivity contribution < 1.29 is 9.59 Å². The third-order valence-electron chi connectivity index (χ3n) is 6.15. The van der Waals surface area contributed by atoms with Crippen LogP contribution in [0.4, 0.5) is 5.69 Å². The van der Waals surface area contributed by atoms with Crippen LogP contribution < -0.4 is 5.32 Å². The van der Waals surface area contributed by atoms with E-state index < -0.39 is 0 Å². The molecule has 0 aliphatic carbocycles. The zero-order valence-electron chi connectivity index (χ0n) is 18.1. The quantitative estimate of drug-likeness (QED) is 0.447. The number of carbonyl (C=O) groups excluding carboxylic acids is 2. The number of carbonyl (C=O) groups is 2. The summed E-state index contributed by atoms with van der Waals surface area (Å²) in [5.74, 6) is 0.0897. The van der Waals surface area contributed by atoms with Gasteiger partial charge in [0, 0.05) is 33.9 Å². The van der Waals surface area contributed by atoms with Crippen LogP contribution in [0.3, 0.4) is 0 Å². The lowest BCUT2D eigenvalue weighted by Crippen LogP contribution is -2.36. The molecule has 0 radical (unpaired) electrons. The number of hydrogen-bond donors (Lipinski definition) is 2. The number of H-pyrrole nitrogens is 1. The van der Waals surface area contributed by atoms with Gasteiger partial charge in [-0.1, -0.05) is 62.4 Å². The van der Waals surface area contributed by atoms with Gasteiger partial charge < -0.3 is 15.2 Å². The van der Waals surface area contributed by atoms with E-state index in [0.29, 0.717) is 11.5 Å². The van der Waals surface area contributed by atoms with E-state index >= 15 is 0 Å². The molecule has 5 heteroatoms. The SMILES string of the molecule is CC(C)c1ccc(NC(=O)CN2C(=O)c3ccccc3C2c2c[nH]c3ccccc23)cc1. The average molecular weight is 424 g/mol. The predicted molar refractivity (Wildman–Crippen MR) is 127 cm³/mol. The molecule has 0 fully saturated rings. The molecule has 0 saturated carbocycles. The van der Waals surface area contributed by atoms with Crippen molar-refractivity contribution in [1.29, 1.82) is 0 Å².